The molecule has 2 saturated heterocycles. The Morgan fingerprint density at radius 1 is 0.941 bits per heavy atom. The molecule has 1 aliphatic carbocycles. The van der Waals surface area contributed by atoms with Gasteiger partial charge >= 0.3 is 0 Å². The van der Waals surface area contributed by atoms with Gasteiger partial charge in [-0.15, -0.1) is 24.8 Å². The second-order valence-corrected chi connectivity index (χ2v) is 5.83. The van der Waals surface area contributed by atoms with E-state index < -0.39 is 0 Å². The smallest absolute Gasteiger partial charge is 0.0235 e. The van der Waals surface area contributed by atoms with Crippen molar-refractivity contribution >= 4 is 24.8 Å². The zero-order chi connectivity index (χ0) is 10.1. The quantitative estimate of drug-likeness (QED) is 0.837. The molecule has 0 aromatic carbocycles. The first-order valence-electron chi connectivity index (χ1n) is 6.87. The monoisotopic (exact) mass is 280 g/mol. The van der Waals surface area contributed by atoms with Crippen LogP contribution in [0.3, 0.4) is 0 Å². The van der Waals surface area contributed by atoms with E-state index in [0.717, 1.165) is 17.9 Å². The summed E-state index contributed by atoms with van der Waals surface area (Å²) in [5, 5.41) is 3.64. The molecule has 0 aromatic rings. The summed E-state index contributed by atoms with van der Waals surface area (Å²) in [6, 6.07) is 0.841. The van der Waals surface area contributed by atoms with Crippen LogP contribution >= 0.6 is 24.8 Å². The van der Waals surface area contributed by atoms with Crippen LogP contribution in [0.15, 0.2) is 0 Å². The van der Waals surface area contributed by atoms with E-state index >= 15 is 0 Å². The molecule has 3 aliphatic rings. The summed E-state index contributed by atoms with van der Waals surface area (Å²) in [7, 11) is 0. The van der Waals surface area contributed by atoms with Gasteiger partial charge in [-0.2, -0.15) is 0 Å². The molecule has 17 heavy (non-hydrogen) atoms. The molecule has 1 N–H and O–H groups in total. The Morgan fingerprint density at radius 3 is 2.41 bits per heavy atom. The molecule has 0 aromatic heterocycles. The molecular weight excluding hydrogens is 255 g/mol. The van der Waals surface area contributed by atoms with Crippen molar-refractivity contribution in [2.45, 2.75) is 44.6 Å². The van der Waals surface area contributed by atoms with Gasteiger partial charge in [0.05, 0.1) is 0 Å². The minimum Gasteiger partial charge on any atom is -0.312 e. The molecule has 0 unspecified atom stereocenters. The molecule has 0 amide bonds. The number of rotatable bonds is 2. The summed E-state index contributed by atoms with van der Waals surface area (Å²) < 4.78 is 0. The highest BCUT2D eigenvalue weighted by Crippen LogP contribution is 2.29. The van der Waals surface area contributed by atoms with Crippen LogP contribution < -0.4 is 5.32 Å². The lowest BCUT2D eigenvalue weighted by molar-refractivity contribution is 0.223. The number of halogens is 2. The molecular formula is C13H26Cl2N2. The Balaban J connectivity index is 0.000000722. The van der Waals surface area contributed by atoms with Crippen molar-refractivity contribution in [3.63, 3.8) is 0 Å². The van der Waals surface area contributed by atoms with E-state index in [-0.39, 0.29) is 24.8 Å². The Hall–Kier alpha value is 0.500. The predicted molar refractivity (Wildman–Crippen MR) is 77.4 cm³/mol. The third-order valence-electron chi connectivity index (χ3n) is 4.68. The van der Waals surface area contributed by atoms with E-state index in [4.69, 9.17) is 0 Å². The fraction of sp³-hybridized carbons (Fsp3) is 1.00. The first kappa shape index (κ1) is 15.6. The van der Waals surface area contributed by atoms with E-state index in [0.29, 0.717) is 0 Å². The minimum atomic E-state index is 0. The molecule has 0 radical (unpaired) electrons. The maximum atomic E-state index is 3.64. The topological polar surface area (TPSA) is 15.3 Å². The van der Waals surface area contributed by atoms with Crippen LogP contribution in [0.1, 0.15) is 38.5 Å². The molecule has 2 aliphatic heterocycles. The zero-order valence-corrected chi connectivity index (χ0v) is 12.2. The van der Waals surface area contributed by atoms with Gasteiger partial charge in [-0.3, -0.25) is 0 Å². The number of nitrogens with one attached hydrogen (secondary N) is 1. The number of likely N-dealkylation sites (tertiary alicyclic amines) is 1. The second kappa shape index (κ2) is 7.18. The minimum absolute atomic E-state index is 0. The van der Waals surface area contributed by atoms with E-state index in [1.54, 1.807) is 0 Å². The Bertz CT molecular complexity index is 207. The number of hydrogen-bond donors (Lipinski definition) is 1. The normalized spacial score (nSPS) is 33.9. The summed E-state index contributed by atoms with van der Waals surface area (Å²) in [4.78, 5) is 2.73. The fourth-order valence-electron chi connectivity index (χ4n) is 3.82. The number of fused-ring (bicyclic) bond motifs is 1. The van der Waals surface area contributed by atoms with Gasteiger partial charge in [-0.05, 0) is 37.6 Å². The van der Waals surface area contributed by atoms with Crippen molar-refractivity contribution in [1.29, 1.82) is 0 Å². The van der Waals surface area contributed by atoms with Crippen LogP contribution in [0.4, 0.5) is 0 Å². The first-order valence-corrected chi connectivity index (χ1v) is 6.87. The lowest BCUT2D eigenvalue weighted by Gasteiger charge is -2.27. The molecule has 2 heterocycles. The standard InChI is InChI=1S/C13H24N2.2ClH/c1-2-4-11(5-3-1)8-15-9-12-6-7-14-13(12)10-15;;/h11-14H,1-10H2;2*1H/t12-,13+;;/m1../s1. The first-order chi connectivity index (χ1) is 7.42. The van der Waals surface area contributed by atoms with Crippen LogP contribution in [0.25, 0.3) is 0 Å². The molecule has 4 heteroatoms. The Labute approximate surface area is 118 Å². The largest absolute Gasteiger partial charge is 0.312 e. The van der Waals surface area contributed by atoms with Gasteiger partial charge in [0, 0.05) is 25.7 Å². The van der Waals surface area contributed by atoms with Crippen molar-refractivity contribution in [1.82, 2.24) is 10.2 Å². The van der Waals surface area contributed by atoms with Gasteiger partial charge in [0.1, 0.15) is 0 Å². The molecule has 0 bridgehead atoms. The van der Waals surface area contributed by atoms with E-state index in [2.05, 4.69) is 10.2 Å². The van der Waals surface area contributed by atoms with Gasteiger partial charge in [0.15, 0.2) is 0 Å². The van der Waals surface area contributed by atoms with Crippen molar-refractivity contribution in [2.75, 3.05) is 26.2 Å². The third kappa shape index (κ3) is 3.73. The van der Waals surface area contributed by atoms with Gasteiger partial charge in [0.25, 0.3) is 0 Å². The molecule has 3 fully saturated rings. The van der Waals surface area contributed by atoms with Gasteiger partial charge in [-0.25, -0.2) is 0 Å². The summed E-state index contributed by atoms with van der Waals surface area (Å²) in [6.07, 6.45) is 8.89. The highest BCUT2D eigenvalue weighted by atomic mass is 35.5. The SMILES string of the molecule is C1CCC(CN2C[C@H]3CCN[C@H]3C2)CC1.Cl.Cl. The van der Waals surface area contributed by atoms with Crippen LogP contribution in [-0.4, -0.2) is 37.1 Å². The van der Waals surface area contributed by atoms with Crippen molar-refractivity contribution < 1.29 is 0 Å². The van der Waals surface area contributed by atoms with Crippen LogP contribution in [0.2, 0.25) is 0 Å². The summed E-state index contributed by atoms with van der Waals surface area (Å²) in [6.45, 7) is 5.39. The van der Waals surface area contributed by atoms with Crippen LogP contribution in [0, 0.1) is 11.8 Å². The highest BCUT2D eigenvalue weighted by Gasteiger charge is 2.36. The van der Waals surface area contributed by atoms with Crippen molar-refractivity contribution in [2.24, 2.45) is 11.8 Å². The lowest BCUT2D eigenvalue weighted by atomic mass is 9.89. The zero-order valence-electron chi connectivity index (χ0n) is 10.6. The fourth-order valence-corrected chi connectivity index (χ4v) is 3.82. The molecule has 0 spiro atoms. The van der Waals surface area contributed by atoms with E-state index in [9.17, 15) is 0 Å². The van der Waals surface area contributed by atoms with Gasteiger partial charge in [0.2, 0.25) is 0 Å². The van der Waals surface area contributed by atoms with E-state index in [1.807, 2.05) is 0 Å². The molecule has 2 nitrogen and oxygen atoms in total. The third-order valence-corrected chi connectivity index (χ3v) is 4.68. The molecule has 3 rings (SSSR count). The average Bonchev–Trinajstić information content (AvgIpc) is 2.79. The average molecular weight is 281 g/mol. The van der Waals surface area contributed by atoms with Crippen molar-refractivity contribution in [3.05, 3.63) is 0 Å². The van der Waals surface area contributed by atoms with Crippen molar-refractivity contribution in [3.8, 4) is 0 Å². The van der Waals surface area contributed by atoms with Crippen LogP contribution in [-0.2, 0) is 0 Å². The summed E-state index contributed by atoms with van der Waals surface area (Å²) in [5.74, 6) is 2.01. The highest BCUT2D eigenvalue weighted by molar-refractivity contribution is 5.85. The van der Waals surface area contributed by atoms with Gasteiger partial charge < -0.3 is 10.2 Å². The summed E-state index contributed by atoms with van der Waals surface area (Å²) >= 11 is 0. The summed E-state index contributed by atoms with van der Waals surface area (Å²) in [5.41, 5.74) is 0. The Morgan fingerprint density at radius 2 is 1.71 bits per heavy atom. The van der Waals surface area contributed by atoms with Crippen LogP contribution in [0.5, 0.6) is 0 Å². The number of nitrogens with zero attached hydrogens (tertiary/aromatic N) is 1. The Kier molecular flexibility index (Phi) is 6.57. The second-order valence-electron chi connectivity index (χ2n) is 5.83. The molecule has 1 saturated carbocycles. The molecule has 2 atom stereocenters. The van der Waals surface area contributed by atoms with Gasteiger partial charge in [-0.1, -0.05) is 19.3 Å². The predicted octanol–water partition coefficient (Wildman–Crippen LogP) is 2.70. The van der Waals surface area contributed by atoms with E-state index in [1.165, 1.54) is 64.7 Å². The molecule has 102 valence electrons. The maximum absolute atomic E-state index is 3.64. The lowest BCUT2D eigenvalue weighted by Crippen LogP contribution is -2.33. The maximum Gasteiger partial charge on any atom is 0.0235 e. The number of hydrogen-bond acceptors (Lipinski definition) is 2.